The Morgan fingerprint density at radius 3 is 1.70 bits per heavy atom. The Hall–Kier alpha value is -0.160. The maximum absolute atomic E-state index is 7.62. The molecular formula is C6H18N2O2. The largest absolute Gasteiger partial charge is 0.394 e. The van der Waals surface area contributed by atoms with Crippen LogP contribution in [0.25, 0.3) is 0 Å². The first-order chi connectivity index (χ1) is 4.68. The van der Waals surface area contributed by atoms with Gasteiger partial charge in [-0.2, -0.15) is 0 Å². The monoisotopic (exact) mass is 150 g/mol. The SMILES string of the molecule is CCCN(C)N.OCCO. The number of nitrogens with zero attached hydrogens (tertiary/aromatic N) is 1. The molecule has 10 heavy (non-hydrogen) atoms. The van der Waals surface area contributed by atoms with E-state index in [1.54, 1.807) is 5.01 Å². The fourth-order valence-corrected chi connectivity index (χ4v) is 0.353. The van der Waals surface area contributed by atoms with Crippen LogP contribution in [0.1, 0.15) is 13.3 Å². The average Bonchev–Trinajstić information content (AvgIpc) is 1.89. The van der Waals surface area contributed by atoms with E-state index in [9.17, 15) is 0 Å². The molecule has 0 spiro atoms. The zero-order chi connectivity index (χ0) is 8.41. The van der Waals surface area contributed by atoms with Crippen LogP contribution < -0.4 is 5.84 Å². The van der Waals surface area contributed by atoms with Crippen molar-refractivity contribution < 1.29 is 10.2 Å². The van der Waals surface area contributed by atoms with Gasteiger partial charge in [-0.15, -0.1) is 0 Å². The van der Waals surface area contributed by atoms with Gasteiger partial charge in [0.05, 0.1) is 13.2 Å². The standard InChI is InChI=1S/C4H12N2.C2H6O2/c1-3-4-6(2)5;3-1-2-4/h3-5H2,1-2H3;3-4H,1-2H2. The third-order valence-corrected chi connectivity index (χ3v) is 0.676. The van der Waals surface area contributed by atoms with Crippen molar-refractivity contribution in [2.24, 2.45) is 5.84 Å². The van der Waals surface area contributed by atoms with E-state index in [-0.39, 0.29) is 13.2 Å². The molecule has 0 aromatic carbocycles. The van der Waals surface area contributed by atoms with Gasteiger partial charge >= 0.3 is 0 Å². The smallest absolute Gasteiger partial charge is 0.0662 e. The molecule has 0 amide bonds. The van der Waals surface area contributed by atoms with E-state index in [1.165, 1.54) is 0 Å². The van der Waals surface area contributed by atoms with Crippen molar-refractivity contribution in [1.29, 1.82) is 0 Å². The lowest BCUT2D eigenvalue weighted by molar-refractivity contribution is 0.186. The number of hydrazine groups is 1. The summed E-state index contributed by atoms with van der Waals surface area (Å²) in [7, 11) is 1.86. The summed E-state index contributed by atoms with van der Waals surface area (Å²) in [6.07, 6.45) is 1.13. The molecule has 64 valence electrons. The molecule has 0 aliphatic rings. The van der Waals surface area contributed by atoms with Crippen LogP contribution in [0.15, 0.2) is 0 Å². The molecule has 0 saturated heterocycles. The molecule has 4 heteroatoms. The Balaban J connectivity index is 0. The molecule has 0 radical (unpaired) electrons. The maximum atomic E-state index is 7.62. The third kappa shape index (κ3) is 24.9. The molecule has 0 bridgehead atoms. The Kier molecular flexibility index (Phi) is 14.5. The quantitative estimate of drug-likeness (QED) is 0.363. The minimum Gasteiger partial charge on any atom is -0.394 e. The summed E-state index contributed by atoms with van der Waals surface area (Å²) >= 11 is 0. The van der Waals surface area contributed by atoms with Crippen molar-refractivity contribution in [3.8, 4) is 0 Å². The van der Waals surface area contributed by atoms with Crippen molar-refractivity contribution >= 4 is 0 Å². The summed E-state index contributed by atoms with van der Waals surface area (Å²) in [5.74, 6) is 5.24. The van der Waals surface area contributed by atoms with Crippen LogP contribution in [0.5, 0.6) is 0 Å². The highest BCUT2D eigenvalue weighted by Gasteiger charge is 1.79. The zero-order valence-electron chi connectivity index (χ0n) is 6.75. The van der Waals surface area contributed by atoms with E-state index in [0.717, 1.165) is 13.0 Å². The first-order valence-corrected chi connectivity index (χ1v) is 3.36. The van der Waals surface area contributed by atoms with Crippen LogP contribution >= 0.6 is 0 Å². The Morgan fingerprint density at radius 2 is 1.70 bits per heavy atom. The van der Waals surface area contributed by atoms with Crippen LogP contribution in [-0.4, -0.2) is 42.0 Å². The zero-order valence-corrected chi connectivity index (χ0v) is 6.75. The van der Waals surface area contributed by atoms with Gasteiger partial charge in [-0.1, -0.05) is 6.92 Å². The highest BCUT2D eigenvalue weighted by atomic mass is 16.3. The van der Waals surface area contributed by atoms with E-state index >= 15 is 0 Å². The van der Waals surface area contributed by atoms with E-state index in [4.69, 9.17) is 16.1 Å². The van der Waals surface area contributed by atoms with Gasteiger partial charge in [-0.25, -0.2) is 0 Å². The lowest BCUT2D eigenvalue weighted by Crippen LogP contribution is -2.26. The van der Waals surface area contributed by atoms with Crippen molar-refractivity contribution in [3.05, 3.63) is 0 Å². The van der Waals surface area contributed by atoms with Gasteiger partial charge in [-0.05, 0) is 6.42 Å². The molecule has 0 aliphatic carbocycles. The molecule has 0 saturated carbocycles. The summed E-state index contributed by atoms with van der Waals surface area (Å²) in [6, 6.07) is 0. The van der Waals surface area contributed by atoms with Crippen LogP contribution in [0, 0.1) is 0 Å². The fraction of sp³-hybridized carbons (Fsp3) is 1.00. The third-order valence-electron chi connectivity index (χ3n) is 0.676. The molecule has 0 heterocycles. The molecule has 4 N–H and O–H groups in total. The van der Waals surface area contributed by atoms with Gasteiger partial charge in [0.25, 0.3) is 0 Å². The summed E-state index contributed by atoms with van der Waals surface area (Å²) in [6.45, 7) is 2.84. The first-order valence-electron chi connectivity index (χ1n) is 3.36. The topological polar surface area (TPSA) is 69.7 Å². The number of aliphatic hydroxyl groups is 2. The summed E-state index contributed by atoms with van der Waals surface area (Å²) in [5.41, 5.74) is 0. The van der Waals surface area contributed by atoms with Gasteiger partial charge in [-0.3, -0.25) is 10.9 Å². The summed E-state index contributed by atoms with van der Waals surface area (Å²) in [5, 5.41) is 16.9. The van der Waals surface area contributed by atoms with Gasteiger partial charge < -0.3 is 10.2 Å². The molecule has 0 aromatic rings. The van der Waals surface area contributed by atoms with Crippen molar-refractivity contribution in [1.82, 2.24) is 5.01 Å². The molecule has 0 rings (SSSR count). The Morgan fingerprint density at radius 1 is 1.30 bits per heavy atom. The van der Waals surface area contributed by atoms with Crippen LogP contribution in [0.3, 0.4) is 0 Å². The predicted octanol–water partition coefficient (Wildman–Crippen LogP) is -0.827. The molecule has 0 aromatic heterocycles. The minimum atomic E-state index is -0.125. The lowest BCUT2D eigenvalue weighted by Gasteiger charge is -2.03. The van der Waals surface area contributed by atoms with E-state index in [2.05, 4.69) is 6.92 Å². The van der Waals surface area contributed by atoms with E-state index in [0.29, 0.717) is 0 Å². The Bertz CT molecular complexity index is 49.0. The van der Waals surface area contributed by atoms with E-state index in [1.807, 2.05) is 7.05 Å². The van der Waals surface area contributed by atoms with Crippen LogP contribution in [-0.2, 0) is 0 Å². The molecule has 0 fully saturated rings. The number of rotatable bonds is 3. The second-order valence-corrected chi connectivity index (χ2v) is 1.93. The second kappa shape index (κ2) is 11.6. The predicted molar refractivity (Wildman–Crippen MR) is 41.3 cm³/mol. The van der Waals surface area contributed by atoms with E-state index < -0.39 is 0 Å². The number of hydrogen-bond acceptors (Lipinski definition) is 4. The van der Waals surface area contributed by atoms with Crippen molar-refractivity contribution in [2.45, 2.75) is 13.3 Å². The number of hydrogen-bond donors (Lipinski definition) is 3. The minimum absolute atomic E-state index is 0.125. The molecule has 0 aliphatic heterocycles. The highest BCUT2D eigenvalue weighted by Crippen LogP contribution is 1.72. The molecule has 0 atom stereocenters. The second-order valence-electron chi connectivity index (χ2n) is 1.93. The number of nitrogens with two attached hydrogens (primary N) is 1. The summed E-state index contributed by atoms with van der Waals surface area (Å²) < 4.78 is 0. The first kappa shape index (κ1) is 12.5. The average molecular weight is 150 g/mol. The van der Waals surface area contributed by atoms with Gasteiger partial charge in [0.1, 0.15) is 0 Å². The van der Waals surface area contributed by atoms with Gasteiger partial charge in [0.15, 0.2) is 0 Å². The van der Waals surface area contributed by atoms with Gasteiger partial charge in [0.2, 0.25) is 0 Å². The fourth-order valence-electron chi connectivity index (χ4n) is 0.353. The Labute approximate surface area is 62.2 Å². The highest BCUT2D eigenvalue weighted by molar-refractivity contribution is 4.31. The molecule has 0 unspecified atom stereocenters. The molecule has 4 nitrogen and oxygen atoms in total. The van der Waals surface area contributed by atoms with Crippen LogP contribution in [0.4, 0.5) is 0 Å². The summed E-state index contributed by atoms with van der Waals surface area (Å²) in [4.78, 5) is 0. The van der Waals surface area contributed by atoms with Crippen LogP contribution in [0.2, 0.25) is 0 Å². The van der Waals surface area contributed by atoms with Crippen molar-refractivity contribution in [3.63, 3.8) is 0 Å². The maximum Gasteiger partial charge on any atom is 0.0662 e. The van der Waals surface area contributed by atoms with Gasteiger partial charge in [0, 0.05) is 13.6 Å². The lowest BCUT2D eigenvalue weighted by atomic mass is 10.5. The molecular weight excluding hydrogens is 132 g/mol. The number of aliphatic hydroxyl groups excluding tert-OH is 2. The van der Waals surface area contributed by atoms with Crippen molar-refractivity contribution in [2.75, 3.05) is 26.8 Å². The normalized spacial score (nSPS) is 9.00.